The molecule has 1 amide bonds. The fourth-order valence-electron chi connectivity index (χ4n) is 4.13. The van der Waals surface area contributed by atoms with Gasteiger partial charge in [0.1, 0.15) is 12.4 Å². The molecule has 1 atom stereocenters. The quantitative estimate of drug-likeness (QED) is 0.364. The van der Waals surface area contributed by atoms with Gasteiger partial charge < -0.3 is 24.5 Å². The van der Waals surface area contributed by atoms with E-state index < -0.39 is 60.4 Å². The van der Waals surface area contributed by atoms with Gasteiger partial charge in [-0.2, -0.15) is 13.2 Å². The molecule has 2 aromatic carbocycles. The number of aliphatic hydroxyl groups is 1. The van der Waals surface area contributed by atoms with Gasteiger partial charge in [-0.1, -0.05) is 35.5 Å². The van der Waals surface area contributed by atoms with E-state index in [0.717, 1.165) is 22.7 Å². The molecule has 0 bridgehead atoms. The number of carboxylic acids is 1. The van der Waals surface area contributed by atoms with Crippen molar-refractivity contribution < 1.29 is 71.3 Å². The number of rotatable bonds is 5. The van der Waals surface area contributed by atoms with E-state index in [4.69, 9.17) is 11.6 Å². The van der Waals surface area contributed by atoms with E-state index in [1.54, 1.807) is 0 Å². The van der Waals surface area contributed by atoms with E-state index in [2.05, 4.69) is 0 Å². The summed E-state index contributed by atoms with van der Waals surface area (Å²) in [6.07, 6.45) is -5.62. The predicted octanol–water partition coefficient (Wildman–Crippen LogP) is 0.926. The summed E-state index contributed by atoms with van der Waals surface area (Å²) in [6.45, 7) is -0.381. The number of fused-ring (bicyclic) bond motifs is 1. The SMILES string of the molecule is Cc1c(Sc2cccc(C(=O)[O-])c2F)c2ccc(Cl)c(F)c2n1CC(=O)N1CCC(O)(C(F)(F)F)C1.[Na+]. The van der Waals surface area contributed by atoms with Crippen LogP contribution in [0.2, 0.25) is 5.02 Å². The summed E-state index contributed by atoms with van der Waals surface area (Å²) < 4.78 is 70.6. The van der Waals surface area contributed by atoms with Crippen LogP contribution in [0.25, 0.3) is 10.9 Å². The number of carbonyl (C=O) groups is 2. The molecule has 0 spiro atoms. The zero-order chi connectivity index (χ0) is 26.6. The van der Waals surface area contributed by atoms with Crippen LogP contribution >= 0.6 is 23.4 Å². The average molecular weight is 571 g/mol. The van der Waals surface area contributed by atoms with Crippen LogP contribution < -0.4 is 34.7 Å². The molecule has 1 aliphatic rings. The smallest absolute Gasteiger partial charge is 0.545 e. The van der Waals surface area contributed by atoms with Crippen molar-refractivity contribution >= 4 is 46.1 Å². The standard InChI is InChI=1S/C23H18ClF5N2O4S.Na/c1-11-20(36-15-4-2-3-12(17(15)25)21(33)34)13-5-6-14(24)18(26)19(13)31(11)9-16(32)30-8-7-22(35,10-30)23(27,28)29;/h2-6,35H,7-10H2,1H3,(H,33,34);/q;+1/p-1. The van der Waals surface area contributed by atoms with Crippen molar-refractivity contribution in [2.24, 2.45) is 0 Å². The molecule has 1 saturated heterocycles. The average Bonchev–Trinajstić information content (AvgIpc) is 3.32. The van der Waals surface area contributed by atoms with Gasteiger partial charge in [0, 0.05) is 39.4 Å². The molecule has 1 N–H and O–H groups in total. The fraction of sp³-hybridized carbons (Fsp3) is 0.304. The van der Waals surface area contributed by atoms with Gasteiger partial charge in [0.2, 0.25) is 5.91 Å². The van der Waals surface area contributed by atoms with E-state index in [1.807, 2.05) is 0 Å². The van der Waals surface area contributed by atoms with Crippen LogP contribution in [0.5, 0.6) is 0 Å². The maximum Gasteiger partial charge on any atom is 1.00 e. The number of carbonyl (C=O) groups excluding carboxylic acids is 2. The molecule has 0 aliphatic carbocycles. The van der Waals surface area contributed by atoms with Gasteiger partial charge in [-0.25, -0.2) is 8.78 Å². The van der Waals surface area contributed by atoms with Crippen LogP contribution in [0.1, 0.15) is 22.5 Å². The number of likely N-dealkylation sites (tertiary alicyclic amines) is 1. The number of alkyl halides is 3. The number of amides is 1. The number of carboxylic acid groups (broad SMARTS) is 1. The summed E-state index contributed by atoms with van der Waals surface area (Å²) in [5.41, 5.74) is -3.56. The number of aromatic carboxylic acids is 1. The summed E-state index contributed by atoms with van der Waals surface area (Å²) >= 11 is 6.72. The minimum atomic E-state index is -4.92. The first-order chi connectivity index (χ1) is 16.7. The molecule has 1 aromatic heterocycles. The van der Waals surface area contributed by atoms with Crippen molar-refractivity contribution in [3.8, 4) is 0 Å². The maximum absolute atomic E-state index is 15.1. The molecule has 4 rings (SSSR count). The van der Waals surface area contributed by atoms with Gasteiger partial charge in [0.15, 0.2) is 11.4 Å². The fourth-order valence-corrected chi connectivity index (χ4v) is 5.38. The maximum atomic E-state index is 15.1. The molecule has 192 valence electrons. The largest absolute Gasteiger partial charge is 1.00 e. The Morgan fingerprint density at radius 3 is 2.46 bits per heavy atom. The second-order valence-electron chi connectivity index (χ2n) is 8.36. The molecule has 1 aliphatic heterocycles. The van der Waals surface area contributed by atoms with E-state index >= 15 is 4.39 Å². The van der Waals surface area contributed by atoms with Crippen LogP contribution in [0.3, 0.4) is 0 Å². The van der Waals surface area contributed by atoms with Crippen molar-refractivity contribution in [1.29, 1.82) is 0 Å². The molecule has 1 fully saturated rings. The second kappa shape index (κ2) is 10.7. The Labute approximate surface area is 238 Å². The normalized spacial score (nSPS) is 17.8. The first kappa shape index (κ1) is 29.7. The number of aromatic nitrogens is 1. The zero-order valence-electron chi connectivity index (χ0n) is 19.5. The van der Waals surface area contributed by atoms with Crippen LogP contribution in [0.4, 0.5) is 22.0 Å². The van der Waals surface area contributed by atoms with Crippen LogP contribution in [0.15, 0.2) is 40.1 Å². The molecule has 3 aromatic rings. The topological polar surface area (TPSA) is 85.6 Å². The van der Waals surface area contributed by atoms with E-state index in [0.29, 0.717) is 0 Å². The molecule has 2 heterocycles. The summed E-state index contributed by atoms with van der Waals surface area (Å²) in [5, 5.41) is 21.0. The van der Waals surface area contributed by atoms with Gasteiger partial charge >= 0.3 is 35.7 Å². The van der Waals surface area contributed by atoms with Gasteiger partial charge in [-0.15, -0.1) is 0 Å². The molecule has 0 radical (unpaired) electrons. The Balaban J connectivity index is 0.00000380. The first-order valence-corrected chi connectivity index (χ1v) is 11.7. The number of benzene rings is 2. The minimum absolute atomic E-state index is 0. The zero-order valence-corrected chi connectivity index (χ0v) is 23.0. The molecular formula is C23H17ClF5N2NaO4S. The summed E-state index contributed by atoms with van der Waals surface area (Å²) in [5.74, 6) is -4.47. The van der Waals surface area contributed by atoms with Gasteiger partial charge in [0.05, 0.1) is 23.1 Å². The number of nitrogens with zero attached hydrogens (tertiary/aromatic N) is 2. The molecule has 0 saturated carbocycles. The summed E-state index contributed by atoms with van der Waals surface area (Å²) in [7, 11) is 0. The van der Waals surface area contributed by atoms with Crippen molar-refractivity contribution in [3.05, 3.63) is 58.2 Å². The van der Waals surface area contributed by atoms with Crippen molar-refractivity contribution in [1.82, 2.24) is 9.47 Å². The molecular weight excluding hydrogens is 554 g/mol. The third-order valence-corrected chi connectivity index (χ3v) is 7.68. The Hall–Kier alpha value is -1.83. The first-order valence-electron chi connectivity index (χ1n) is 10.5. The minimum Gasteiger partial charge on any atom is -0.545 e. The Morgan fingerprint density at radius 1 is 1.19 bits per heavy atom. The molecule has 6 nitrogen and oxygen atoms in total. The van der Waals surface area contributed by atoms with Crippen LogP contribution in [-0.2, 0) is 11.3 Å². The predicted molar refractivity (Wildman–Crippen MR) is 119 cm³/mol. The van der Waals surface area contributed by atoms with Crippen molar-refractivity contribution in [2.45, 2.75) is 41.5 Å². The molecule has 14 heteroatoms. The number of β-amino-alcohol motifs (C(OH)–C–C–N with tert-alkyl or cyclic N) is 1. The van der Waals surface area contributed by atoms with Crippen molar-refractivity contribution in [2.75, 3.05) is 13.1 Å². The van der Waals surface area contributed by atoms with E-state index in [1.165, 1.54) is 35.8 Å². The summed E-state index contributed by atoms with van der Waals surface area (Å²) in [6, 6.07) is 6.35. The van der Waals surface area contributed by atoms with Gasteiger partial charge in [-0.3, -0.25) is 4.79 Å². The third-order valence-electron chi connectivity index (χ3n) is 6.13. The summed E-state index contributed by atoms with van der Waals surface area (Å²) in [4.78, 5) is 25.1. The monoisotopic (exact) mass is 570 g/mol. The van der Waals surface area contributed by atoms with E-state index in [9.17, 15) is 37.4 Å². The second-order valence-corrected chi connectivity index (χ2v) is 9.82. The van der Waals surface area contributed by atoms with Gasteiger partial charge in [-0.05, 0) is 25.1 Å². The Kier molecular flexibility index (Phi) is 8.63. The number of hydrogen-bond donors (Lipinski definition) is 1. The number of halogens is 6. The Morgan fingerprint density at radius 2 is 1.86 bits per heavy atom. The number of hydrogen-bond acceptors (Lipinski definition) is 5. The van der Waals surface area contributed by atoms with Crippen LogP contribution in [0, 0.1) is 18.6 Å². The van der Waals surface area contributed by atoms with E-state index in [-0.39, 0.29) is 67.5 Å². The Bertz CT molecular complexity index is 1400. The molecule has 1 unspecified atom stereocenters. The van der Waals surface area contributed by atoms with Crippen LogP contribution in [-0.4, -0.2) is 51.3 Å². The molecule has 37 heavy (non-hydrogen) atoms. The van der Waals surface area contributed by atoms with Gasteiger partial charge in [0.25, 0.3) is 0 Å². The van der Waals surface area contributed by atoms with Crippen molar-refractivity contribution in [3.63, 3.8) is 0 Å². The third kappa shape index (κ3) is 5.37.